The topological polar surface area (TPSA) is 26.0 Å². The molecule has 0 heterocycles. The Morgan fingerprint density at radius 3 is 2.24 bits per heavy atom. The molecule has 0 atom stereocenters. The van der Waals surface area contributed by atoms with Gasteiger partial charge < -0.3 is 5.73 Å². The van der Waals surface area contributed by atoms with Gasteiger partial charge in [0, 0.05) is 0 Å². The van der Waals surface area contributed by atoms with Crippen LogP contribution >= 0.6 is 12.4 Å². The summed E-state index contributed by atoms with van der Waals surface area (Å²) in [5.74, 6) is 0. The highest BCUT2D eigenvalue weighted by Crippen LogP contribution is 2.20. The Labute approximate surface area is 109 Å². The van der Waals surface area contributed by atoms with E-state index in [1.165, 1.54) is 22.3 Å². The number of hydrogen-bond acceptors (Lipinski definition) is 1. The molecule has 0 saturated heterocycles. The van der Waals surface area contributed by atoms with Crippen LogP contribution in [0.3, 0.4) is 0 Å². The fraction of sp³-hybridized carbons (Fsp3) is 0.200. The standard InChI is InChI=1S/C15H17N.ClH/c1-12-3-2-4-15(11-12)14-7-5-13(6-8-14)9-10-16;/h2-8,11H,9-10,16H2,1H3;1H. The van der Waals surface area contributed by atoms with E-state index in [0.29, 0.717) is 6.54 Å². The van der Waals surface area contributed by atoms with Gasteiger partial charge in [0.05, 0.1) is 0 Å². The minimum absolute atomic E-state index is 0. The number of hydrogen-bond donors (Lipinski definition) is 1. The molecule has 17 heavy (non-hydrogen) atoms. The summed E-state index contributed by atoms with van der Waals surface area (Å²) >= 11 is 0. The van der Waals surface area contributed by atoms with E-state index in [2.05, 4.69) is 55.5 Å². The van der Waals surface area contributed by atoms with Crippen LogP contribution in [-0.2, 0) is 6.42 Å². The molecule has 0 radical (unpaired) electrons. The molecule has 0 spiro atoms. The molecule has 1 nitrogen and oxygen atoms in total. The summed E-state index contributed by atoms with van der Waals surface area (Å²) < 4.78 is 0. The summed E-state index contributed by atoms with van der Waals surface area (Å²) in [6.07, 6.45) is 0.952. The van der Waals surface area contributed by atoms with Gasteiger partial charge in [-0.3, -0.25) is 0 Å². The summed E-state index contributed by atoms with van der Waals surface area (Å²) in [7, 11) is 0. The van der Waals surface area contributed by atoms with E-state index in [1.807, 2.05) is 0 Å². The van der Waals surface area contributed by atoms with Crippen molar-refractivity contribution in [3.8, 4) is 11.1 Å². The molecule has 0 amide bonds. The first kappa shape index (κ1) is 13.8. The lowest BCUT2D eigenvalue weighted by molar-refractivity contribution is 0.969. The Kier molecular flexibility index (Phi) is 5.20. The molecule has 0 aliphatic heterocycles. The van der Waals surface area contributed by atoms with Gasteiger partial charge >= 0.3 is 0 Å². The van der Waals surface area contributed by atoms with E-state index in [-0.39, 0.29) is 12.4 Å². The highest BCUT2D eigenvalue weighted by molar-refractivity contribution is 5.85. The first-order chi connectivity index (χ1) is 7.79. The fourth-order valence-electron chi connectivity index (χ4n) is 1.86. The molecule has 2 N–H and O–H groups in total. The van der Waals surface area contributed by atoms with Crippen molar-refractivity contribution >= 4 is 12.4 Å². The second-order valence-corrected chi connectivity index (χ2v) is 4.11. The van der Waals surface area contributed by atoms with Crippen LogP contribution in [0.1, 0.15) is 11.1 Å². The monoisotopic (exact) mass is 247 g/mol. The number of halogens is 1. The van der Waals surface area contributed by atoms with Crippen molar-refractivity contribution in [2.24, 2.45) is 5.73 Å². The van der Waals surface area contributed by atoms with Crippen LogP contribution in [0.25, 0.3) is 11.1 Å². The van der Waals surface area contributed by atoms with E-state index >= 15 is 0 Å². The van der Waals surface area contributed by atoms with E-state index < -0.39 is 0 Å². The van der Waals surface area contributed by atoms with Gasteiger partial charge in [0.15, 0.2) is 0 Å². The van der Waals surface area contributed by atoms with E-state index in [0.717, 1.165) is 6.42 Å². The molecule has 2 aromatic rings. The second kappa shape index (κ2) is 6.43. The van der Waals surface area contributed by atoms with Gasteiger partial charge in [-0.1, -0.05) is 54.1 Å². The summed E-state index contributed by atoms with van der Waals surface area (Å²) in [6.45, 7) is 2.83. The third kappa shape index (κ3) is 3.58. The van der Waals surface area contributed by atoms with Crippen molar-refractivity contribution in [2.75, 3.05) is 6.54 Å². The average molecular weight is 248 g/mol. The van der Waals surface area contributed by atoms with Crippen molar-refractivity contribution in [3.63, 3.8) is 0 Å². The third-order valence-corrected chi connectivity index (χ3v) is 2.74. The Balaban J connectivity index is 0.00000144. The highest BCUT2D eigenvalue weighted by Gasteiger charge is 1.97. The summed E-state index contributed by atoms with van der Waals surface area (Å²) in [6, 6.07) is 17.2. The zero-order valence-electron chi connectivity index (χ0n) is 10.0. The van der Waals surface area contributed by atoms with Crippen LogP contribution in [0.5, 0.6) is 0 Å². The lowest BCUT2D eigenvalue weighted by atomic mass is 10.0. The van der Waals surface area contributed by atoms with Crippen LogP contribution in [0, 0.1) is 6.92 Å². The molecule has 0 fully saturated rings. The lowest BCUT2D eigenvalue weighted by Crippen LogP contribution is -2.02. The maximum atomic E-state index is 5.53. The molecule has 0 unspecified atom stereocenters. The van der Waals surface area contributed by atoms with E-state index in [4.69, 9.17) is 5.73 Å². The number of rotatable bonds is 3. The van der Waals surface area contributed by atoms with Gasteiger partial charge in [-0.05, 0) is 36.6 Å². The quantitative estimate of drug-likeness (QED) is 0.882. The Hall–Kier alpha value is -1.31. The molecule has 0 aliphatic rings. The van der Waals surface area contributed by atoms with Crippen molar-refractivity contribution in [3.05, 3.63) is 59.7 Å². The average Bonchev–Trinajstić information content (AvgIpc) is 2.30. The summed E-state index contributed by atoms with van der Waals surface area (Å²) in [5, 5.41) is 0. The van der Waals surface area contributed by atoms with Crippen LogP contribution in [-0.4, -0.2) is 6.54 Å². The summed E-state index contributed by atoms with van der Waals surface area (Å²) in [5.41, 5.74) is 10.7. The number of aryl methyl sites for hydroxylation is 1. The molecule has 2 rings (SSSR count). The largest absolute Gasteiger partial charge is 0.330 e. The van der Waals surface area contributed by atoms with Gasteiger partial charge in [0.25, 0.3) is 0 Å². The normalized spacial score (nSPS) is 9.76. The predicted molar refractivity (Wildman–Crippen MR) is 76.6 cm³/mol. The van der Waals surface area contributed by atoms with Crippen molar-refractivity contribution in [2.45, 2.75) is 13.3 Å². The van der Waals surface area contributed by atoms with Gasteiger partial charge in [-0.15, -0.1) is 12.4 Å². The molecule has 0 aliphatic carbocycles. The van der Waals surface area contributed by atoms with Gasteiger partial charge in [-0.25, -0.2) is 0 Å². The van der Waals surface area contributed by atoms with Gasteiger partial charge in [0.2, 0.25) is 0 Å². The summed E-state index contributed by atoms with van der Waals surface area (Å²) in [4.78, 5) is 0. The van der Waals surface area contributed by atoms with Crippen LogP contribution in [0.4, 0.5) is 0 Å². The first-order valence-electron chi connectivity index (χ1n) is 5.65. The molecule has 2 aromatic carbocycles. The zero-order valence-corrected chi connectivity index (χ0v) is 10.8. The van der Waals surface area contributed by atoms with Crippen molar-refractivity contribution < 1.29 is 0 Å². The third-order valence-electron chi connectivity index (χ3n) is 2.74. The second-order valence-electron chi connectivity index (χ2n) is 4.11. The molecular weight excluding hydrogens is 230 g/mol. The van der Waals surface area contributed by atoms with Gasteiger partial charge in [0.1, 0.15) is 0 Å². The minimum Gasteiger partial charge on any atom is -0.330 e. The van der Waals surface area contributed by atoms with Crippen molar-refractivity contribution in [1.82, 2.24) is 0 Å². The molecule has 0 aromatic heterocycles. The Morgan fingerprint density at radius 1 is 0.941 bits per heavy atom. The van der Waals surface area contributed by atoms with Crippen LogP contribution in [0.15, 0.2) is 48.5 Å². The minimum atomic E-state index is 0. The molecule has 0 bridgehead atoms. The smallest absolute Gasteiger partial charge is 0.00367 e. The van der Waals surface area contributed by atoms with Gasteiger partial charge in [-0.2, -0.15) is 0 Å². The zero-order chi connectivity index (χ0) is 11.4. The van der Waals surface area contributed by atoms with Crippen molar-refractivity contribution in [1.29, 1.82) is 0 Å². The molecule has 0 saturated carbocycles. The SMILES string of the molecule is Cc1cccc(-c2ccc(CCN)cc2)c1.Cl. The maximum Gasteiger partial charge on any atom is -0.00367 e. The number of benzene rings is 2. The highest BCUT2D eigenvalue weighted by atomic mass is 35.5. The van der Waals surface area contributed by atoms with E-state index in [1.54, 1.807) is 0 Å². The van der Waals surface area contributed by atoms with Crippen LogP contribution in [0.2, 0.25) is 0 Å². The Morgan fingerprint density at radius 2 is 1.65 bits per heavy atom. The molecule has 90 valence electrons. The fourth-order valence-corrected chi connectivity index (χ4v) is 1.86. The molecule has 2 heteroatoms. The molecular formula is C15H18ClN. The lowest BCUT2D eigenvalue weighted by Gasteiger charge is -2.04. The van der Waals surface area contributed by atoms with E-state index in [9.17, 15) is 0 Å². The maximum absolute atomic E-state index is 5.53. The van der Waals surface area contributed by atoms with Crippen LogP contribution < -0.4 is 5.73 Å². The predicted octanol–water partition coefficient (Wildman–Crippen LogP) is 3.59. The first-order valence-corrected chi connectivity index (χ1v) is 5.65. The Bertz CT molecular complexity index is 463. The number of nitrogens with two attached hydrogens (primary N) is 1.